The van der Waals surface area contributed by atoms with Gasteiger partial charge < -0.3 is 25.6 Å². The van der Waals surface area contributed by atoms with Crippen molar-refractivity contribution in [3.8, 4) is 0 Å². The van der Waals surface area contributed by atoms with Gasteiger partial charge in [0.15, 0.2) is 5.69 Å². The molecule has 0 aliphatic heterocycles. The summed E-state index contributed by atoms with van der Waals surface area (Å²) in [7, 11) is 0. The van der Waals surface area contributed by atoms with Gasteiger partial charge in [-0.3, -0.25) is 9.59 Å². The van der Waals surface area contributed by atoms with Crippen molar-refractivity contribution in [2.75, 3.05) is 26.4 Å². The summed E-state index contributed by atoms with van der Waals surface area (Å²) < 4.78 is 12.9. The summed E-state index contributed by atoms with van der Waals surface area (Å²) >= 11 is 0.958. The minimum atomic E-state index is -0.776. The first-order chi connectivity index (χ1) is 11.5. The van der Waals surface area contributed by atoms with Crippen LogP contribution in [0.5, 0.6) is 0 Å². The van der Waals surface area contributed by atoms with Crippen LogP contribution in [0.1, 0.15) is 29.0 Å². The Balaban J connectivity index is 1.78. The van der Waals surface area contributed by atoms with Crippen molar-refractivity contribution in [1.29, 1.82) is 0 Å². The lowest BCUT2D eigenvalue weighted by atomic mass is 10.1. The highest BCUT2D eigenvalue weighted by molar-refractivity contribution is 6.99. The number of hydrogen-bond acceptors (Lipinski definition) is 8. The van der Waals surface area contributed by atoms with Crippen LogP contribution in [0.15, 0.2) is 0 Å². The molecular formula is C14H22N4O5S. The first-order valence-electron chi connectivity index (χ1n) is 7.77. The van der Waals surface area contributed by atoms with Gasteiger partial charge in [-0.05, 0) is 19.8 Å². The van der Waals surface area contributed by atoms with Crippen molar-refractivity contribution in [2.45, 2.75) is 31.9 Å². The standard InChI is InChI=1S/C14H22N4O5S/c1-8-12(18-24-17-8)14(22)16-10-6-9(7-11(10)20)13(21)15-2-4-23-5-3-19/h9-11,19-20H,2-7H2,1H3,(H,15,21)(H,16,22)/t9-,10+,11+/m0/s1. The highest BCUT2D eigenvalue weighted by Crippen LogP contribution is 2.26. The van der Waals surface area contributed by atoms with Gasteiger partial charge in [0.05, 0.1) is 49.4 Å². The normalized spacial score (nSPS) is 23.2. The molecule has 1 aliphatic carbocycles. The van der Waals surface area contributed by atoms with Crippen LogP contribution in [-0.2, 0) is 9.53 Å². The van der Waals surface area contributed by atoms with Gasteiger partial charge in [-0.15, -0.1) is 0 Å². The molecule has 1 fully saturated rings. The molecular weight excluding hydrogens is 336 g/mol. The molecule has 9 nitrogen and oxygen atoms in total. The number of aliphatic hydroxyl groups excluding tert-OH is 2. The molecule has 1 aromatic heterocycles. The van der Waals surface area contributed by atoms with Gasteiger partial charge in [-0.2, -0.15) is 8.75 Å². The van der Waals surface area contributed by atoms with Gasteiger partial charge >= 0.3 is 0 Å². The Labute approximate surface area is 143 Å². The van der Waals surface area contributed by atoms with Gasteiger partial charge in [0.2, 0.25) is 5.91 Å². The topological polar surface area (TPSA) is 134 Å². The monoisotopic (exact) mass is 358 g/mol. The number of aromatic nitrogens is 2. The number of aryl methyl sites for hydroxylation is 1. The number of carbonyl (C=O) groups is 2. The maximum absolute atomic E-state index is 12.1. The summed E-state index contributed by atoms with van der Waals surface area (Å²) in [6.45, 7) is 2.53. The van der Waals surface area contributed by atoms with Crippen LogP contribution in [0.4, 0.5) is 0 Å². The van der Waals surface area contributed by atoms with E-state index >= 15 is 0 Å². The lowest BCUT2D eigenvalue weighted by Gasteiger charge is -2.15. The fourth-order valence-corrected chi connectivity index (χ4v) is 3.16. The van der Waals surface area contributed by atoms with E-state index in [-0.39, 0.29) is 36.6 Å². The molecule has 0 aromatic carbocycles. The van der Waals surface area contributed by atoms with Crippen molar-refractivity contribution in [3.05, 3.63) is 11.4 Å². The number of rotatable bonds is 8. The van der Waals surface area contributed by atoms with E-state index in [2.05, 4.69) is 19.4 Å². The summed E-state index contributed by atoms with van der Waals surface area (Å²) in [4.78, 5) is 24.2. The number of aliphatic hydroxyl groups is 2. The Morgan fingerprint density at radius 1 is 1.33 bits per heavy atom. The summed E-state index contributed by atoms with van der Waals surface area (Å²) in [6, 6.07) is -0.486. The third-order valence-corrected chi connectivity index (χ3v) is 4.48. The van der Waals surface area contributed by atoms with Crippen molar-refractivity contribution in [1.82, 2.24) is 19.4 Å². The first-order valence-corrected chi connectivity index (χ1v) is 8.50. The molecule has 1 aliphatic rings. The minimum Gasteiger partial charge on any atom is -0.394 e. The molecule has 134 valence electrons. The smallest absolute Gasteiger partial charge is 0.273 e. The molecule has 3 atom stereocenters. The van der Waals surface area contributed by atoms with E-state index in [9.17, 15) is 14.7 Å². The van der Waals surface area contributed by atoms with Crippen LogP contribution in [0.3, 0.4) is 0 Å². The average molecular weight is 358 g/mol. The maximum Gasteiger partial charge on any atom is 0.273 e. The molecule has 2 rings (SSSR count). The van der Waals surface area contributed by atoms with Crippen molar-refractivity contribution in [2.24, 2.45) is 5.92 Å². The highest BCUT2D eigenvalue weighted by atomic mass is 32.1. The number of nitrogens with zero attached hydrogens (tertiary/aromatic N) is 2. The van der Waals surface area contributed by atoms with Crippen LogP contribution in [0.2, 0.25) is 0 Å². The molecule has 1 aromatic rings. The predicted molar refractivity (Wildman–Crippen MR) is 85.5 cm³/mol. The second kappa shape index (κ2) is 9.02. The SMILES string of the molecule is Cc1nsnc1C(=O)N[C@@H]1C[C@H](C(=O)NCCOCCO)C[C@H]1O. The van der Waals surface area contributed by atoms with Crippen LogP contribution in [0, 0.1) is 12.8 Å². The third kappa shape index (κ3) is 4.94. The van der Waals surface area contributed by atoms with Crippen LogP contribution >= 0.6 is 11.7 Å². The largest absolute Gasteiger partial charge is 0.394 e. The second-order valence-corrected chi connectivity index (χ2v) is 6.17. The minimum absolute atomic E-state index is 0.0574. The lowest BCUT2D eigenvalue weighted by molar-refractivity contribution is -0.125. The zero-order valence-electron chi connectivity index (χ0n) is 13.4. The molecule has 10 heteroatoms. The summed E-state index contributed by atoms with van der Waals surface area (Å²) in [5, 5.41) is 24.1. The van der Waals surface area contributed by atoms with Crippen molar-refractivity contribution in [3.63, 3.8) is 0 Å². The Bertz CT molecular complexity index is 567. The van der Waals surface area contributed by atoms with Crippen LogP contribution < -0.4 is 10.6 Å². The quantitative estimate of drug-likeness (QED) is 0.431. The number of ether oxygens (including phenoxy) is 1. The highest BCUT2D eigenvalue weighted by Gasteiger charge is 2.38. The van der Waals surface area contributed by atoms with E-state index in [1.54, 1.807) is 6.92 Å². The molecule has 0 radical (unpaired) electrons. The number of carbonyl (C=O) groups excluding carboxylic acids is 2. The predicted octanol–water partition coefficient (Wildman–Crippen LogP) is -1.16. The van der Waals surface area contributed by atoms with Gasteiger partial charge in [-0.1, -0.05) is 0 Å². The molecule has 2 amide bonds. The summed E-state index contributed by atoms with van der Waals surface area (Å²) in [5.41, 5.74) is 0.795. The van der Waals surface area contributed by atoms with Gasteiger partial charge in [0.1, 0.15) is 0 Å². The Morgan fingerprint density at radius 2 is 2.12 bits per heavy atom. The molecule has 1 saturated carbocycles. The van der Waals surface area contributed by atoms with E-state index < -0.39 is 12.1 Å². The van der Waals surface area contributed by atoms with Crippen LogP contribution in [0.25, 0.3) is 0 Å². The second-order valence-electron chi connectivity index (χ2n) is 5.64. The first kappa shape index (κ1) is 18.7. The van der Waals surface area contributed by atoms with Gasteiger partial charge in [0.25, 0.3) is 5.91 Å². The Morgan fingerprint density at radius 3 is 2.79 bits per heavy atom. The molecule has 4 N–H and O–H groups in total. The number of hydrogen-bond donors (Lipinski definition) is 4. The molecule has 24 heavy (non-hydrogen) atoms. The number of amides is 2. The molecule has 0 saturated heterocycles. The fourth-order valence-electron chi connectivity index (χ4n) is 2.62. The lowest BCUT2D eigenvalue weighted by Crippen LogP contribution is -2.40. The third-order valence-electron chi connectivity index (χ3n) is 3.87. The zero-order chi connectivity index (χ0) is 17.5. The Kier molecular flexibility index (Phi) is 7.03. The fraction of sp³-hybridized carbons (Fsp3) is 0.714. The molecule has 1 heterocycles. The molecule has 0 bridgehead atoms. The summed E-state index contributed by atoms with van der Waals surface area (Å²) in [6.07, 6.45) is -0.114. The Hall–Kier alpha value is -1.62. The number of nitrogens with one attached hydrogen (secondary N) is 2. The molecule has 0 unspecified atom stereocenters. The van der Waals surface area contributed by atoms with Gasteiger partial charge in [0, 0.05) is 12.5 Å². The van der Waals surface area contributed by atoms with E-state index in [1.165, 1.54) is 0 Å². The van der Waals surface area contributed by atoms with E-state index in [0.29, 0.717) is 31.7 Å². The van der Waals surface area contributed by atoms with Gasteiger partial charge in [-0.25, -0.2) is 0 Å². The summed E-state index contributed by atoms with van der Waals surface area (Å²) in [5.74, 6) is -0.925. The van der Waals surface area contributed by atoms with Crippen molar-refractivity contribution < 1.29 is 24.5 Å². The van der Waals surface area contributed by atoms with Crippen LogP contribution in [-0.4, -0.2) is 69.3 Å². The maximum atomic E-state index is 12.1. The van der Waals surface area contributed by atoms with E-state index in [1.807, 2.05) is 0 Å². The zero-order valence-corrected chi connectivity index (χ0v) is 14.2. The molecule has 0 spiro atoms. The average Bonchev–Trinajstić information content (AvgIpc) is 3.13. The van der Waals surface area contributed by atoms with E-state index in [4.69, 9.17) is 9.84 Å². The van der Waals surface area contributed by atoms with Crippen molar-refractivity contribution >= 4 is 23.5 Å². The van der Waals surface area contributed by atoms with E-state index in [0.717, 1.165) is 11.7 Å².